The summed E-state index contributed by atoms with van der Waals surface area (Å²) in [5.74, 6) is -0.720. The molecule has 3 aliphatic heterocycles. The van der Waals surface area contributed by atoms with E-state index in [1.54, 1.807) is 21.6 Å². The van der Waals surface area contributed by atoms with Crippen molar-refractivity contribution in [2.75, 3.05) is 32.2 Å². The van der Waals surface area contributed by atoms with E-state index in [0.29, 0.717) is 25.6 Å². The summed E-state index contributed by atoms with van der Waals surface area (Å²) in [5, 5.41) is 3.00. The summed E-state index contributed by atoms with van der Waals surface area (Å²) in [5.41, 5.74) is 4.62. The largest absolute Gasteiger partial charge is 0.449 e. The van der Waals surface area contributed by atoms with E-state index in [9.17, 15) is 4.79 Å². The molecule has 1 atom stereocenters. The molecule has 3 saturated heterocycles. The SMILES string of the molecule is CC12COC([C@@H](CSSC(C)(C)C)NC(=O)OCC3c4ccccc4-c4ccccc43)(OC1)OC2. The zero-order chi connectivity index (χ0) is 24.7. The van der Waals surface area contributed by atoms with Crippen LogP contribution >= 0.6 is 21.6 Å². The summed E-state index contributed by atoms with van der Waals surface area (Å²) in [4.78, 5) is 13.1. The number of fused-ring (bicyclic) bond motifs is 6. The Kier molecular flexibility index (Phi) is 6.87. The average Bonchev–Trinajstić information content (AvgIpc) is 3.16. The third-order valence-corrected chi connectivity index (χ3v) is 9.82. The van der Waals surface area contributed by atoms with Crippen LogP contribution in [0.1, 0.15) is 44.7 Å². The Hall–Kier alpha value is -1.71. The van der Waals surface area contributed by atoms with Gasteiger partial charge in [-0.2, -0.15) is 0 Å². The molecule has 6 nitrogen and oxygen atoms in total. The van der Waals surface area contributed by atoms with E-state index in [-0.39, 0.29) is 22.7 Å². The second-order valence-electron chi connectivity index (χ2n) is 10.8. The van der Waals surface area contributed by atoms with Gasteiger partial charge in [-0.15, -0.1) is 0 Å². The van der Waals surface area contributed by atoms with Crippen LogP contribution in [0.4, 0.5) is 4.79 Å². The van der Waals surface area contributed by atoms with E-state index in [4.69, 9.17) is 18.9 Å². The first-order valence-electron chi connectivity index (χ1n) is 12.0. The molecule has 0 saturated carbocycles. The lowest BCUT2D eigenvalue weighted by Gasteiger charge is -2.52. The Morgan fingerprint density at radius 3 is 2.11 bits per heavy atom. The highest BCUT2D eigenvalue weighted by Gasteiger charge is 2.55. The molecule has 0 radical (unpaired) electrons. The van der Waals surface area contributed by atoms with Crippen LogP contribution in [-0.4, -0.2) is 55.0 Å². The van der Waals surface area contributed by atoms with Crippen molar-refractivity contribution in [3.05, 3.63) is 59.7 Å². The molecule has 2 bridgehead atoms. The Bertz CT molecular complexity index is 1020. The first-order chi connectivity index (χ1) is 16.7. The molecule has 8 heteroatoms. The smallest absolute Gasteiger partial charge is 0.407 e. The standard InChI is InChI=1S/C27H33NO5S2/c1-25(2,3)35-34-14-23(27-31-15-26(4,16-32-27)17-33-27)28-24(29)30-13-22-20-11-7-5-9-18(20)19-10-6-8-12-21(19)22/h5-12,22-23H,13-17H2,1-4H3,(H,28,29)/t23-,26?,27?/m1/s1. The lowest BCUT2D eigenvalue weighted by atomic mass is 9.91. The molecule has 0 spiro atoms. The van der Waals surface area contributed by atoms with Crippen molar-refractivity contribution < 1.29 is 23.7 Å². The Balaban J connectivity index is 1.27. The topological polar surface area (TPSA) is 66.0 Å². The van der Waals surface area contributed by atoms with Crippen LogP contribution in [0, 0.1) is 5.41 Å². The van der Waals surface area contributed by atoms with Crippen LogP contribution in [0.15, 0.2) is 48.5 Å². The second-order valence-corrected chi connectivity index (χ2v) is 14.0. The summed E-state index contributed by atoms with van der Waals surface area (Å²) >= 11 is 0. The number of hydrogen-bond acceptors (Lipinski definition) is 7. The van der Waals surface area contributed by atoms with Gasteiger partial charge < -0.3 is 24.3 Å². The monoisotopic (exact) mass is 515 g/mol. The number of alkyl carbamates (subject to hydrolysis) is 1. The van der Waals surface area contributed by atoms with Crippen molar-refractivity contribution in [1.82, 2.24) is 5.32 Å². The summed E-state index contributed by atoms with van der Waals surface area (Å²) in [6, 6.07) is 16.1. The molecule has 6 rings (SSSR count). The van der Waals surface area contributed by atoms with Crippen molar-refractivity contribution >= 4 is 27.7 Å². The van der Waals surface area contributed by atoms with Gasteiger partial charge >= 0.3 is 12.1 Å². The maximum Gasteiger partial charge on any atom is 0.407 e. The summed E-state index contributed by atoms with van der Waals surface area (Å²) in [7, 11) is 3.42. The number of ether oxygens (including phenoxy) is 4. The van der Waals surface area contributed by atoms with Crippen LogP contribution in [0.5, 0.6) is 0 Å². The van der Waals surface area contributed by atoms with Crippen LogP contribution in [0.2, 0.25) is 0 Å². The highest BCUT2D eigenvalue weighted by atomic mass is 33.1. The third kappa shape index (κ3) is 5.23. The van der Waals surface area contributed by atoms with Crippen LogP contribution in [-0.2, 0) is 18.9 Å². The van der Waals surface area contributed by atoms with E-state index in [1.165, 1.54) is 22.3 Å². The zero-order valence-electron chi connectivity index (χ0n) is 20.7. The van der Waals surface area contributed by atoms with Gasteiger partial charge in [0.25, 0.3) is 0 Å². The van der Waals surface area contributed by atoms with Gasteiger partial charge in [-0.25, -0.2) is 4.79 Å². The lowest BCUT2D eigenvalue weighted by molar-refractivity contribution is -0.471. The summed E-state index contributed by atoms with van der Waals surface area (Å²) < 4.78 is 24.0. The molecule has 1 aliphatic carbocycles. The van der Waals surface area contributed by atoms with Crippen LogP contribution in [0.3, 0.4) is 0 Å². The minimum absolute atomic E-state index is 0.00408. The molecule has 3 heterocycles. The fourth-order valence-electron chi connectivity index (χ4n) is 4.67. The number of carbonyl (C=O) groups is 1. The normalized spacial score (nSPS) is 26.2. The molecule has 0 unspecified atom stereocenters. The molecule has 35 heavy (non-hydrogen) atoms. The Morgan fingerprint density at radius 2 is 1.57 bits per heavy atom. The fourth-order valence-corrected chi connectivity index (χ4v) is 7.19. The number of benzene rings is 2. The van der Waals surface area contributed by atoms with Crippen LogP contribution in [0.25, 0.3) is 11.1 Å². The molecule has 1 amide bonds. The summed E-state index contributed by atoms with van der Waals surface area (Å²) in [6.45, 7) is 10.4. The number of amides is 1. The highest BCUT2D eigenvalue weighted by Crippen LogP contribution is 2.45. The molecule has 3 fully saturated rings. The van der Waals surface area contributed by atoms with Crippen molar-refractivity contribution in [3.8, 4) is 11.1 Å². The maximum absolute atomic E-state index is 13.1. The molecular weight excluding hydrogens is 482 g/mol. The quantitative estimate of drug-likeness (QED) is 0.467. The van der Waals surface area contributed by atoms with E-state index >= 15 is 0 Å². The first kappa shape index (κ1) is 25.0. The predicted octanol–water partition coefficient (Wildman–Crippen LogP) is 5.81. The van der Waals surface area contributed by atoms with E-state index in [1.807, 2.05) is 24.3 Å². The highest BCUT2D eigenvalue weighted by molar-refractivity contribution is 8.77. The van der Waals surface area contributed by atoms with Gasteiger partial charge in [0.1, 0.15) is 12.6 Å². The summed E-state index contributed by atoms with van der Waals surface area (Å²) in [6.07, 6.45) is -0.498. The minimum Gasteiger partial charge on any atom is -0.449 e. The van der Waals surface area contributed by atoms with Gasteiger partial charge in [0, 0.05) is 21.8 Å². The van der Waals surface area contributed by atoms with Gasteiger partial charge in [-0.3, -0.25) is 0 Å². The predicted molar refractivity (Wildman–Crippen MR) is 140 cm³/mol. The fraction of sp³-hybridized carbons (Fsp3) is 0.519. The average molecular weight is 516 g/mol. The molecule has 2 aromatic rings. The number of nitrogens with one attached hydrogen (secondary N) is 1. The minimum atomic E-state index is -1.28. The van der Waals surface area contributed by atoms with E-state index in [2.05, 4.69) is 57.3 Å². The molecule has 188 valence electrons. The third-order valence-electron chi connectivity index (χ3n) is 6.47. The van der Waals surface area contributed by atoms with Gasteiger partial charge in [-0.05, 0) is 22.3 Å². The maximum atomic E-state index is 13.1. The molecule has 1 N–H and O–H groups in total. The number of hydrogen-bond donors (Lipinski definition) is 1. The Labute approximate surface area is 215 Å². The molecule has 0 aromatic heterocycles. The number of rotatable bonds is 7. The lowest BCUT2D eigenvalue weighted by Crippen LogP contribution is -2.68. The van der Waals surface area contributed by atoms with Crippen molar-refractivity contribution in [2.24, 2.45) is 5.41 Å². The second kappa shape index (κ2) is 9.63. The van der Waals surface area contributed by atoms with Gasteiger partial charge in [0.05, 0.1) is 19.8 Å². The number of carbonyl (C=O) groups excluding carboxylic acids is 1. The van der Waals surface area contributed by atoms with Crippen LogP contribution < -0.4 is 5.32 Å². The van der Waals surface area contributed by atoms with Gasteiger partial charge in [0.2, 0.25) is 0 Å². The van der Waals surface area contributed by atoms with Crippen molar-refractivity contribution in [2.45, 2.75) is 50.4 Å². The molecular formula is C27H33NO5S2. The van der Waals surface area contributed by atoms with E-state index in [0.717, 1.165) is 0 Å². The molecule has 2 aromatic carbocycles. The zero-order valence-corrected chi connectivity index (χ0v) is 22.3. The van der Waals surface area contributed by atoms with Crippen molar-refractivity contribution in [3.63, 3.8) is 0 Å². The first-order valence-corrected chi connectivity index (χ1v) is 14.3. The molecule has 4 aliphatic rings. The van der Waals surface area contributed by atoms with E-state index < -0.39 is 18.1 Å². The van der Waals surface area contributed by atoms with Crippen molar-refractivity contribution in [1.29, 1.82) is 0 Å². The van der Waals surface area contributed by atoms with Gasteiger partial charge in [0.15, 0.2) is 0 Å². The van der Waals surface area contributed by atoms with Gasteiger partial charge in [-0.1, -0.05) is 97.8 Å². The Morgan fingerprint density at radius 1 is 1.03 bits per heavy atom.